The molecule has 2 aromatic rings. The fourth-order valence-electron chi connectivity index (χ4n) is 1.98. The van der Waals surface area contributed by atoms with Crippen molar-refractivity contribution in [3.05, 3.63) is 70.8 Å². The van der Waals surface area contributed by atoms with E-state index in [-0.39, 0.29) is 12.5 Å². The minimum absolute atomic E-state index is 0.125. The summed E-state index contributed by atoms with van der Waals surface area (Å²) in [6.07, 6.45) is 3.79. The molecule has 0 aliphatic carbocycles. The van der Waals surface area contributed by atoms with Gasteiger partial charge in [0, 0.05) is 10.7 Å². The van der Waals surface area contributed by atoms with Gasteiger partial charge in [-0.15, -0.1) is 0 Å². The molecule has 0 aliphatic heterocycles. The molecule has 4 nitrogen and oxygen atoms in total. The lowest BCUT2D eigenvalue weighted by Crippen LogP contribution is -2.26. The van der Waals surface area contributed by atoms with Crippen LogP contribution in [-0.2, 0) is 4.79 Å². The lowest BCUT2D eigenvalue weighted by Gasteiger charge is -2.09. The van der Waals surface area contributed by atoms with Crippen LogP contribution in [0.1, 0.15) is 18.1 Å². The topological polar surface area (TPSA) is 53.5 Å². The smallest absolute Gasteiger partial charge is 0.259 e. The van der Waals surface area contributed by atoms with Crippen molar-refractivity contribution in [2.75, 3.05) is 11.9 Å². The maximum atomic E-state index is 11.9. The van der Waals surface area contributed by atoms with Gasteiger partial charge in [-0.05, 0) is 43.2 Å². The van der Waals surface area contributed by atoms with Crippen molar-refractivity contribution in [2.24, 2.45) is 5.10 Å². The van der Waals surface area contributed by atoms with Gasteiger partial charge in [0.1, 0.15) is 0 Å². The van der Waals surface area contributed by atoms with E-state index in [4.69, 9.17) is 11.6 Å². The Labute approximate surface area is 147 Å². The maximum Gasteiger partial charge on any atom is 0.259 e. The normalized spacial score (nSPS) is 11.5. The number of benzene rings is 2. The first kappa shape index (κ1) is 17.8. The summed E-state index contributed by atoms with van der Waals surface area (Å²) in [6, 6.07) is 15.4. The maximum absolute atomic E-state index is 11.9. The first-order chi connectivity index (χ1) is 11.6. The number of hydrogen-bond donors (Lipinski definition) is 2. The lowest BCUT2D eigenvalue weighted by atomic mass is 10.2. The van der Waals surface area contributed by atoms with Gasteiger partial charge in [-0.25, -0.2) is 5.43 Å². The molecule has 0 heterocycles. The van der Waals surface area contributed by atoms with Gasteiger partial charge in [0.2, 0.25) is 0 Å². The zero-order valence-electron chi connectivity index (χ0n) is 13.7. The van der Waals surface area contributed by atoms with E-state index in [0.29, 0.717) is 10.7 Å². The van der Waals surface area contributed by atoms with Crippen molar-refractivity contribution in [2.45, 2.75) is 13.8 Å². The van der Waals surface area contributed by atoms with E-state index in [2.05, 4.69) is 15.8 Å². The van der Waals surface area contributed by atoms with Crippen LogP contribution in [-0.4, -0.2) is 18.2 Å². The summed E-state index contributed by atoms with van der Waals surface area (Å²) < 4.78 is 0. The molecule has 0 fully saturated rings. The molecular weight excluding hydrogens is 322 g/mol. The number of rotatable bonds is 6. The molecule has 2 N–H and O–H groups in total. The molecule has 0 bridgehead atoms. The highest BCUT2D eigenvalue weighted by atomic mass is 35.5. The average Bonchev–Trinajstić information content (AvgIpc) is 2.60. The molecule has 0 radical (unpaired) electrons. The summed E-state index contributed by atoms with van der Waals surface area (Å²) in [5, 5.41) is 7.77. The van der Waals surface area contributed by atoms with Crippen molar-refractivity contribution in [3.63, 3.8) is 0 Å². The van der Waals surface area contributed by atoms with E-state index in [0.717, 1.165) is 16.8 Å². The standard InChI is InChI=1S/C19H20ClN3O/c1-14(11-12-16-7-4-3-5-8-16)22-23-19(24)13-21-18-10-6-9-17(20)15(18)2/h3-12,21H,13H2,1-2H3,(H,23,24)/b12-11+,22-14?. The van der Waals surface area contributed by atoms with Crippen LogP contribution in [0.15, 0.2) is 59.7 Å². The summed E-state index contributed by atoms with van der Waals surface area (Å²) in [5.74, 6) is -0.221. The minimum atomic E-state index is -0.221. The van der Waals surface area contributed by atoms with Crippen molar-refractivity contribution in [3.8, 4) is 0 Å². The molecule has 0 unspecified atom stereocenters. The summed E-state index contributed by atoms with van der Waals surface area (Å²) in [7, 11) is 0. The molecule has 0 saturated carbocycles. The molecule has 2 aromatic carbocycles. The fraction of sp³-hybridized carbons (Fsp3) is 0.158. The molecule has 0 saturated heterocycles. The predicted octanol–water partition coefficient (Wildman–Crippen LogP) is 4.27. The number of halogens is 1. The van der Waals surface area contributed by atoms with Crippen molar-refractivity contribution < 1.29 is 4.79 Å². The number of nitrogens with one attached hydrogen (secondary N) is 2. The highest BCUT2D eigenvalue weighted by molar-refractivity contribution is 6.31. The quantitative estimate of drug-likeness (QED) is 0.609. The second-order valence-electron chi connectivity index (χ2n) is 5.30. The summed E-state index contributed by atoms with van der Waals surface area (Å²) >= 11 is 6.05. The molecule has 2 rings (SSSR count). The van der Waals surface area contributed by atoms with Crippen LogP contribution < -0.4 is 10.7 Å². The molecule has 0 aliphatic rings. The molecular formula is C19H20ClN3O. The summed E-state index contributed by atoms with van der Waals surface area (Å²) in [6.45, 7) is 3.86. The molecule has 24 heavy (non-hydrogen) atoms. The number of anilines is 1. The highest BCUT2D eigenvalue weighted by Crippen LogP contribution is 2.22. The Kier molecular flexibility index (Phi) is 6.58. The number of hydrogen-bond acceptors (Lipinski definition) is 3. The van der Waals surface area contributed by atoms with Crippen LogP contribution in [0.5, 0.6) is 0 Å². The van der Waals surface area contributed by atoms with E-state index < -0.39 is 0 Å². The van der Waals surface area contributed by atoms with E-state index in [1.54, 1.807) is 0 Å². The highest BCUT2D eigenvalue weighted by Gasteiger charge is 2.04. The van der Waals surface area contributed by atoms with Gasteiger partial charge in [-0.1, -0.05) is 54.1 Å². The number of nitrogens with zero attached hydrogens (tertiary/aromatic N) is 1. The van der Waals surface area contributed by atoms with Crippen molar-refractivity contribution in [1.82, 2.24) is 5.43 Å². The van der Waals surface area contributed by atoms with Crippen LogP contribution in [0.3, 0.4) is 0 Å². The monoisotopic (exact) mass is 341 g/mol. The Morgan fingerprint density at radius 1 is 1.17 bits per heavy atom. The van der Waals surface area contributed by atoms with Gasteiger partial charge in [-0.2, -0.15) is 5.10 Å². The van der Waals surface area contributed by atoms with Crippen molar-refractivity contribution >= 4 is 35.0 Å². The zero-order chi connectivity index (χ0) is 17.4. The second kappa shape index (κ2) is 8.89. The van der Waals surface area contributed by atoms with Crippen LogP contribution in [0.2, 0.25) is 5.02 Å². The Morgan fingerprint density at radius 3 is 2.67 bits per heavy atom. The molecule has 124 valence electrons. The molecule has 0 spiro atoms. The van der Waals surface area contributed by atoms with Gasteiger partial charge in [0.25, 0.3) is 5.91 Å². The Morgan fingerprint density at radius 2 is 1.92 bits per heavy atom. The van der Waals surface area contributed by atoms with Crippen LogP contribution in [0.25, 0.3) is 6.08 Å². The van der Waals surface area contributed by atoms with E-state index in [9.17, 15) is 4.79 Å². The lowest BCUT2D eigenvalue weighted by molar-refractivity contribution is -0.119. The number of hydrazone groups is 1. The first-order valence-electron chi connectivity index (χ1n) is 7.61. The van der Waals surface area contributed by atoms with Crippen molar-refractivity contribution in [1.29, 1.82) is 0 Å². The van der Waals surface area contributed by atoms with Gasteiger partial charge in [0.15, 0.2) is 0 Å². The average molecular weight is 342 g/mol. The SMILES string of the molecule is CC(/C=C/c1ccccc1)=NNC(=O)CNc1cccc(Cl)c1C. The third kappa shape index (κ3) is 5.56. The third-order valence-electron chi connectivity index (χ3n) is 3.38. The predicted molar refractivity (Wildman–Crippen MR) is 101 cm³/mol. The number of carbonyl (C=O) groups is 1. The number of carbonyl (C=O) groups excluding carboxylic acids is 1. The van der Waals surface area contributed by atoms with E-state index in [1.807, 2.05) is 74.5 Å². The molecule has 0 atom stereocenters. The number of allylic oxidation sites excluding steroid dienone is 1. The number of amides is 1. The van der Waals surface area contributed by atoms with Gasteiger partial charge < -0.3 is 5.32 Å². The molecule has 5 heteroatoms. The Hall–Kier alpha value is -2.59. The van der Waals surface area contributed by atoms with Crippen LogP contribution in [0, 0.1) is 6.92 Å². The first-order valence-corrected chi connectivity index (χ1v) is 7.99. The summed E-state index contributed by atoms with van der Waals surface area (Å²) in [4.78, 5) is 11.9. The van der Waals surface area contributed by atoms with Gasteiger partial charge in [0.05, 0.1) is 12.3 Å². The third-order valence-corrected chi connectivity index (χ3v) is 3.79. The Bertz CT molecular complexity index is 754. The molecule has 0 aromatic heterocycles. The van der Waals surface area contributed by atoms with Crippen LogP contribution in [0.4, 0.5) is 5.69 Å². The zero-order valence-corrected chi connectivity index (χ0v) is 14.5. The largest absolute Gasteiger partial charge is 0.376 e. The minimum Gasteiger partial charge on any atom is -0.376 e. The van der Waals surface area contributed by atoms with Gasteiger partial charge in [-0.3, -0.25) is 4.79 Å². The van der Waals surface area contributed by atoms with E-state index in [1.165, 1.54) is 0 Å². The van der Waals surface area contributed by atoms with Gasteiger partial charge >= 0.3 is 0 Å². The Balaban J connectivity index is 1.83. The van der Waals surface area contributed by atoms with E-state index >= 15 is 0 Å². The fourth-order valence-corrected chi connectivity index (χ4v) is 2.16. The second-order valence-corrected chi connectivity index (χ2v) is 5.71. The van der Waals surface area contributed by atoms with Crippen LogP contribution >= 0.6 is 11.6 Å². The summed E-state index contributed by atoms with van der Waals surface area (Å²) in [5.41, 5.74) is 6.07. The molecule has 1 amide bonds.